The van der Waals surface area contributed by atoms with E-state index in [9.17, 15) is 0 Å². The number of hydrogen-bond acceptors (Lipinski definition) is 4. The van der Waals surface area contributed by atoms with Crippen LogP contribution in [-0.2, 0) is 16.1 Å². The fraction of sp³-hybridized carbons (Fsp3) is 0.286. The van der Waals surface area contributed by atoms with Gasteiger partial charge in [0, 0.05) is 11.6 Å². The van der Waals surface area contributed by atoms with Crippen molar-refractivity contribution in [2.45, 2.75) is 6.61 Å². The highest BCUT2D eigenvalue weighted by Crippen LogP contribution is 2.12. The number of aromatic nitrogens is 1. The van der Waals surface area contributed by atoms with E-state index >= 15 is 0 Å². The van der Waals surface area contributed by atoms with Crippen LogP contribution in [-0.4, -0.2) is 11.9 Å². The van der Waals surface area contributed by atoms with E-state index in [4.69, 9.17) is 14.0 Å². The molecule has 2 heterocycles. The molecule has 0 fully saturated rings. The number of nitrogens with zero attached hydrogens (tertiary/aromatic N) is 1. The molecule has 4 nitrogen and oxygen atoms in total. The van der Waals surface area contributed by atoms with Gasteiger partial charge < -0.3 is 14.0 Å². The maximum atomic E-state index is 5.09. The minimum Gasteiger partial charge on any atom is -0.475 e. The summed E-state index contributed by atoms with van der Waals surface area (Å²) in [6.07, 6.45) is 4.90. The van der Waals surface area contributed by atoms with Gasteiger partial charge in [0.15, 0.2) is 12.6 Å². The molecule has 0 N–H and O–H groups in total. The molecule has 0 bridgehead atoms. The smallest absolute Gasteiger partial charge is 0.188 e. The summed E-state index contributed by atoms with van der Waals surface area (Å²) in [5, 5.41) is 3.63. The van der Waals surface area contributed by atoms with Gasteiger partial charge in [-0.05, 0) is 0 Å². The SMILES string of the molecule is C1=C/c2oncc2COCO/1. The first-order chi connectivity index (χ1) is 5.47. The van der Waals surface area contributed by atoms with Crippen molar-refractivity contribution < 1.29 is 14.0 Å². The number of ether oxygens (including phenoxy) is 2. The van der Waals surface area contributed by atoms with Gasteiger partial charge in [0.2, 0.25) is 0 Å². The summed E-state index contributed by atoms with van der Waals surface area (Å²) in [6.45, 7) is 0.768. The van der Waals surface area contributed by atoms with Crippen molar-refractivity contribution in [3.8, 4) is 0 Å². The highest BCUT2D eigenvalue weighted by molar-refractivity contribution is 5.45. The predicted octanol–water partition coefficient (Wildman–Crippen LogP) is 1.15. The summed E-state index contributed by atoms with van der Waals surface area (Å²) >= 11 is 0. The van der Waals surface area contributed by atoms with Crippen molar-refractivity contribution in [1.82, 2.24) is 5.16 Å². The average molecular weight is 153 g/mol. The van der Waals surface area contributed by atoms with Crippen LogP contribution in [0, 0.1) is 0 Å². The van der Waals surface area contributed by atoms with Crippen molar-refractivity contribution in [3.63, 3.8) is 0 Å². The molecule has 0 saturated heterocycles. The molecule has 0 aliphatic carbocycles. The van der Waals surface area contributed by atoms with Crippen LogP contribution in [0.5, 0.6) is 0 Å². The zero-order chi connectivity index (χ0) is 7.52. The third kappa shape index (κ3) is 1.25. The average Bonchev–Trinajstić information content (AvgIpc) is 2.35. The van der Waals surface area contributed by atoms with E-state index in [0.717, 1.165) is 5.56 Å². The van der Waals surface area contributed by atoms with Crippen LogP contribution in [0.4, 0.5) is 0 Å². The molecule has 1 aromatic rings. The summed E-state index contributed by atoms with van der Waals surface area (Å²) in [7, 11) is 0. The Kier molecular flexibility index (Phi) is 1.61. The van der Waals surface area contributed by atoms with Gasteiger partial charge in [0.1, 0.15) is 0 Å². The van der Waals surface area contributed by atoms with Crippen LogP contribution in [0.2, 0.25) is 0 Å². The monoisotopic (exact) mass is 153 g/mol. The Morgan fingerprint density at radius 3 is 3.45 bits per heavy atom. The van der Waals surface area contributed by atoms with Crippen LogP contribution in [0.1, 0.15) is 11.3 Å². The van der Waals surface area contributed by atoms with E-state index in [1.165, 1.54) is 6.26 Å². The minimum atomic E-state index is 0.279. The Bertz CT molecular complexity index is 266. The summed E-state index contributed by atoms with van der Waals surface area (Å²) in [6, 6.07) is 0. The van der Waals surface area contributed by atoms with Crippen LogP contribution >= 0.6 is 0 Å². The summed E-state index contributed by atoms with van der Waals surface area (Å²) < 4.78 is 14.9. The molecule has 1 aromatic heterocycles. The maximum Gasteiger partial charge on any atom is 0.188 e. The van der Waals surface area contributed by atoms with E-state index in [2.05, 4.69) is 5.16 Å². The molecule has 58 valence electrons. The summed E-state index contributed by atoms with van der Waals surface area (Å²) in [5.74, 6) is 0.699. The third-order valence-corrected chi connectivity index (χ3v) is 1.40. The molecule has 11 heavy (non-hydrogen) atoms. The quantitative estimate of drug-likeness (QED) is 0.560. The van der Waals surface area contributed by atoms with Crippen LogP contribution in [0.15, 0.2) is 17.0 Å². The Labute approximate surface area is 63.4 Å². The lowest BCUT2D eigenvalue weighted by atomic mass is 10.3. The third-order valence-electron chi connectivity index (χ3n) is 1.40. The van der Waals surface area contributed by atoms with Crippen LogP contribution in [0.25, 0.3) is 6.08 Å². The predicted molar refractivity (Wildman–Crippen MR) is 36.3 cm³/mol. The standard InChI is InChI=1S/C7H7NO3/c1-2-9-5-10-4-6-3-8-11-7(1)6/h1-3H,4-5H2/b2-1+. The van der Waals surface area contributed by atoms with Crippen LogP contribution < -0.4 is 0 Å². The van der Waals surface area contributed by atoms with Crippen molar-refractivity contribution in [3.05, 3.63) is 23.8 Å². The lowest BCUT2D eigenvalue weighted by molar-refractivity contribution is -0.0216. The lowest BCUT2D eigenvalue weighted by Gasteiger charge is -2.04. The number of rotatable bonds is 0. The Balaban J connectivity index is 2.31. The number of fused-ring (bicyclic) bond motifs is 1. The maximum absolute atomic E-state index is 5.09. The summed E-state index contributed by atoms with van der Waals surface area (Å²) in [5.41, 5.74) is 0.949. The zero-order valence-corrected chi connectivity index (χ0v) is 5.82. The fourth-order valence-corrected chi connectivity index (χ4v) is 0.864. The Morgan fingerprint density at radius 1 is 1.45 bits per heavy atom. The van der Waals surface area contributed by atoms with Crippen molar-refractivity contribution in [2.24, 2.45) is 0 Å². The normalized spacial score (nSPS) is 19.3. The van der Waals surface area contributed by atoms with E-state index < -0.39 is 0 Å². The van der Waals surface area contributed by atoms with Gasteiger partial charge in [0.25, 0.3) is 0 Å². The van der Waals surface area contributed by atoms with Gasteiger partial charge in [-0.3, -0.25) is 0 Å². The number of hydrogen-bond donors (Lipinski definition) is 0. The van der Waals surface area contributed by atoms with Crippen LogP contribution in [0.3, 0.4) is 0 Å². The molecule has 2 rings (SSSR count). The first kappa shape index (κ1) is 6.42. The molecule has 0 saturated carbocycles. The van der Waals surface area contributed by atoms with Gasteiger partial charge >= 0.3 is 0 Å². The van der Waals surface area contributed by atoms with Crippen molar-refractivity contribution in [2.75, 3.05) is 6.79 Å². The second kappa shape index (κ2) is 2.75. The van der Waals surface area contributed by atoms with Gasteiger partial charge in [-0.1, -0.05) is 5.16 Å². The second-order valence-corrected chi connectivity index (χ2v) is 2.15. The largest absolute Gasteiger partial charge is 0.475 e. The minimum absolute atomic E-state index is 0.279. The van der Waals surface area contributed by atoms with Gasteiger partial charge in [-0.15, -0.1) is 0 Å². The molecular formula is C7H7NO3. The highest BCUT2D eigenvalue weighted by atomic mass is 16.7. The molecule has 0 atom stereocenters. The molecule has 0 amide bonds. The zero-order valence-electron chi connectivity index (χ0n) is 5.82. The van der Waals surface area contributed by atoms with Crippen molar-refractivity contribution in [1.29, 1.82) is 0 Å². The van der Waals surface area contributed by atoms with E-state index in [0.29, 0.717) is 12.4 Å². The topological polar surface area (TPSA) is 44.5 Å². The van der Waals surface area contributed by atoms with Crippen molar-refractivity contribution >= 4 is 6.08 Å². The van der Waals surface area contributed by atoms with E-state index in [1.807, 2.05) is 0 Å². The second-order valence-electron chi connectivity index (χ2n) is 2.15. The highest BCUT2D eigenvalue weighted by Gasteiger charge is 2.06. The molecule has 0 spiro atoms. The Hall–Kier alpha value is -1.29. The first-order valence-corrected chi connectivity index (χ1v) is 3.26. The van der Waals surface area contributed by atoms with Gasteiger partial charge in [-0.2, -0.15) is 0 Å². The van der Waals surface area contributed by atoms with E-state index in [1.54, 1.807) is 12.3 Å². The Morgan fingerprint density at radius 2 is 2.45 bits per heavy atom. The van der Waals surface area contributed by atoms with Gasteiger partial charge in [-0.25, -0.2) is 0 Å². The van der Waals surface area contributed by atoms with E-state index in [-0.39, 0.29) is 6.79 Å². The summed E-state index contributed by atoms with van der Waals surface area (Å²) in [4.78, 5) is 0. The molecule has 0 aromatic carbocycles. The molecule has 1 aliphatic heterocycles. The fourth-order valence-electron chi connectivity index (χ4n) is 0.864. The first-order valence-electron chi connectivity index (χ1n) is 3.26. The van der Waals surface area contributed by atoms with Gasteiger partial charge in [0.05, 0.1) is 19.1 Å². The molecule has 0 radical (unpaired) electrons. The molecular weight excluding hydrogens is 146 g/mol. The lowest BCUT2D eigenvalue weighted by Crippen LogP contribution is -1.98. The molecule has 0 unspecified atom stereocenters. The molecule has 4 heteroatoms. The molecule has 1 aliphatic rings.